The van der Waals surface area contributed by atoms with Crippen molar-refractivity contribution in [1.82, 2.24) is 19.8 Å². The highest BCUT2D eigenvalue weighted by atomic mass is 15.5. The van der Waals surface area contributed by atoms with Crippen LogP contribution in [0.25, 0.3) is 5.65 Å². The third-order valence-electron chi connectivity index (χ3n) is 1.53. The summed E-state index contributed by atoms with van der Waals surface area (Å²) >= 11 is 0. The summed E-state index contributed by atoms with van der Waals surface area (Å²) in [5.41, 5.74) is 6.28. The van der Waals surface area contributed by atoms with Crippen LogP contribution in [0.3, 0.4) is 0 Å². The molecule has 58 valence electrons. The number of aromatic amines is 1. The van der Waals surface area contributed by atoms with E-state index in [1.807, 2.05) is 6.92 Å². The number of anilines is 1. The molecular weight excluding hydrogens is 142 g/mol. The Morgan fingerprint density at radius 2 is 2.45 bits per heavy atom. The molecule has 5 heteroatoms. The fraction of sp³-hybridized carbons (Fsp3) is 0.333. The molecule has 2 rings (SSSR count). The molecule has 11 heavy (non-hydrogen) atoms. The molecule has 0 atom stereocenters. The van der Waals surface area contributed by atoms with Crippen LogP contribution in [0.1, 0.15) is 12.7 Å². The van der Waals surface area contributed by atoms with Crippen molar-refractivity contribution in [3.63, 3.8) is 0 Å². The first kappa shape index (κ1) is 6.21. The third-order valence-corrected chi connectivity index (χ3v) is 1.53. The molecule has 0 amide bonds. The molecule has 3 N–H and O–H groups in total. The number of hydrogen-bond donors (Lipinski definition) is 2. The largest absolute Gasteiger partial charge is 0.382 e. The topological polar surface area (TPSA) is 72.0 Å². The molecule has 0 aliphatic heterocycles. The van der Waals surface area contributed by atoms with Gasteiger partial charge in [0.25, 0.3) is 0 Å². The zero-order chi connectivity index (χ0) is 7.84. The average molecular weight is 151 g/mol. The molecule has 5 nitrogen and oxygen atoms in total. The van der Waals surface area contributed by atoms with Crippen molar-refractivity contribution in [1.29, 1.82) is 0 Å². The smallest absolute Gasteiger partial charge is 0.157 e. The lowest BCUT2D eigenvalue weighted by atomic mass is 10.5. The predicted octanol–water partition coefficient (Wildman–Crippen LogP) is 0.202. The van der Waals surface area contributed by atoms with E-state index in [-0.39, 0.29) is 0 Å². The second-order valence-electron chi connectivity index (χ2n) is 2.37. The van der Waals surface area contributed by atoms with E-state index in [9.17, 15) is 0 Å². The summed E-state index contributed by atoms with van der Waals surface area (Å²) in [4.78, 5) is 3.08. The number of nitrogens with one attached hydrogen (secondary N) is 1. The van der Waals surface area contributed by atoms with Gasteiger partial charge >= 0.3 is 0 Å². The summed E-state index contributed by atoms with van der Waals surface area (Å²) in [6, 6.07) is 1.76. The van der Waals surface area contributed by atoms with E-state index < -0.39 is 0 Å². The van der Waals surface area contributed by atoms with Crippen molar-refractivity contribution in [2.75, 3.05) is 5.73 Å². The molecule has 0 aliphatic rings. The molecule has 0 saturated heterocycles. The maximum absolute atomic E-state index is 5.43. The minimum atomic E-state index is 0.492. The molecule has 0 spiro atoms. The molecule has 2 aromatic rings. The van der Waals surface area contributed by atoms with E-state index in [2.05, 4.69) is 15.2 Å². The maximum atomic E-state index is 5.43. The lowest BCUT2D eigenvalue weighted by Gasteiger charge is -1.81. The van der Waals surface area contributed by atoms with Gasteiger partial charge in [0.2, 0.25) is 0 Å². The van der Waals surface area contributed by atoms with Crippen LogP contribution in [-0.4, -0.2) is 19.8 Å². The highest BCUT2D eigenvalue weighted by Gasteiger charge is 2.02. The Hall–Kier alpha value is -1.52. The fourth-order valence-electron chi connectivity index (χ4n) is 0.999. The first-order chi connectivity index (χ1) is 5.29. The number of aryl methyl sites for hydroxylation is 1. The number of fused-ring (bicyclic) bond motifs is 1. The van der Waals surface area contributed by atoms with Crippen LogP contribution in [0, 0.1) is 0 Å². The summed E-state index contributed by atoms with van der Waals surface area (Å²) in [5, 5.41) is 8.06. The van der Waals surface area contributed by atoms with Crippen LogP contribution in [0.4, 0.5) is 5.82 Å². The van der Waals surface area contributed by atoms with Gasteiger partial charge in [-0.05, 0) is 0 Å². The van der Waals surface area contributed by atoms with Gasteiger partial charge in [-0.2, -0.15) is 0 Å². The molecule has 0 radical (unpaired) electrons. The van der Waals surface area contributed by atoms with Gasteiger partial charge in [-0.15, -0.1) is 14.8 Å². The Balaban J connectivity index is 2.64. The first-order valence-electron chi connectivity index (χ1n) is 3.50. The maximum Gasteiger partial charge on any atom is 0.157 e. The van der Waals surface area contributed by atoms with Crippen molar-refractivity contribution in [2.24, 2.45) is 0 Å². The highest BCUT2D eigenvalue weighted by molar-refractivity contribution is 5.46. The predicted molar refractivity (Wildman–Crippen MR) is 41.1 cm³/mol. The molecule has 2 heterocycles. The zero-order valence-corrected chi connectivity index (χ0v) is 6.20. The van der Waals surface area contributed by atoms with E-state index >= 15 is 0 Å². The molecule has 0 saturated carbocycles. The third kappa shape index (κ3) is 0.849. The highest BCUT2D eigenvalue weighted by Crippen LogP contribution is 2.04. The number of H-pyrrole nitrogens is 1. The summed E-state index contributed by atoms with van der Waals surface area (Å²) in [6.07, 6.45) is 0.878. The van der Waals surface area contributed by atoms with E-state index in [1.54, 1.807) is 6.07 Å². The summed E-state index contributed by atoms with van der Waals surface area (Å²) < 4.78 is 1.51. The van der Waals surface area contributed by atoms with Crippen molar-refractivity contribution in [3.8, 4) is 0 Å². The van der Waals surface area contributed by atoms with Gasteiger partial charge < -0.3 is 10.7 Å². The van der Waals surface area contributed by atoms with Crippen molar-refractivity contribution >= 4 is 11.5 Å². The van der Waals surface area contributed by atoms with Gasteiger partial charge in [0.05, 0.1) is 0 Å². The van der Waals surface area contributed by atoms with Gasteiger partial charge in [-0.25, -0.2) is 0 Å². The molecule has 0 aliphatic carbocycles. The standard InChI is InChI=1S/C6H9N5/c1-2-5-8-6-3-4(7)9-11(6)10-5/h3H,2H2,1H3,(H2,7,9)(H,8,10). The fourth-order valence-corrected chi connectivity index (χ4v) is 0.999. The van der Waals surface area contributed by atoms with Crippen LogP contribution in [0.15, 0.2) is 6.07 Å². The molecule has 0 fully saturated rings. The molecule has 0 aromatic carbocycles. The summed E-state index contributed by atoms with van der Waals surface area (Å²) in [7, 11) is 0. The number of aromatic nitrogens is 4. The zero-order valence-electron chi connectivity index (χ0n) is 6.20. The Kier molecular flexibility index (Phi) is 1.12. The number of rotatable bonds is 1. The van der Waals surface area contributed by atoms with Gasteiger partial charge in [0, 0.05) is 12.5 Å². The van der Waals surface area contributed by atoms with Crippen molar-refractivity contribution < 1.29 is 0 Å². The SMILES string of the molecule is CCc1nn2nc(N)cc2[nH]1. The van der Waals surface area contributed by atoms with E-state index in [1.165, 1.54) is 4.63 Å². The van der Waals surface area contributed by atoms with Crippen LogP contribution in [0.5, 0.6) is 0 Å². The second kappa shape index (κ2) is 1.98. The van der Waals surface area contributed by atoms with Gasteiger partial charge in [-0.3, -0.25) is 0 Å². The van der Waals surface area contributed by atoms with Crippen molar-refractivity contribution in [3.05, 3.63) is 11.9 Å². The Labute approximate surface area is 63.2 Å². The summed E-state index contributed by atoms with van der Waals surface area (Å²) in [5.74, 6) is 1.42. The van der Waals surface area contributed by atoms with Crippen molar-refractivity contribution in [2.45, 2.75) is 13.3 Å². The Bertz CT molecular complexity index is 340. The minimum Gasteiger partial charge on any atom is -0.382 e. The van der Waals surface area contributed by atoms with Crippen LogP contribution < -0.4 is 5.73 Å². The normalized spacial score (nSPS) is 11.0. The monoisotopic (exact) mass is 151 g/mol. The van der Waals surface area contributed by atoms with Gasteiger partial charge in [0.15, 0.2) is 5.65 Å². The number of nitrogens with zero attached hydrogens (tertiary/aromatic N) is 3. The number of hydrogen-bond acceptors (Lipinski definition) is 3. The first-order valence-corrected chi connectivity index (χ1v) is 3.50. The molecular formula is C6H9N5. The molecule has 0 bridgehead atoms. The van der Waals surface area contributed by atoms with Gasteiger partial charge in [-0.1, -0.05) is 6.92 Å². The summed E-state index contributed by atoms with van der Waals surface area (Å²) in [6.45, 7) is 2.03. The van der Waals surface area contributed by atoms with E-state index in [4.69, 9.17) is 5.73 Å². The van der Waals surface area contributed by atoms with Crippen LogP contribution >= 0.6 is 0 Å². The second-order valence-corrected chi connectivity index (χ2v) is 2.37. The lowest BCUT2D eigenvalue weighted by Crippen LogP contribution is -1.91. The van der Waals surface area contributed by atoms with Crippen LogP contribution in [0.2, 0.25) is 0 Å². The van der Waals surface area contributed by atoms with Gasteiger partial charge in [0.1, 0.15) is 11.6 Å². The van der Waals surface area contributed by atoms with Crippen LogP contribution in [-0.2, 0) is 6.42 Å². The lowest BCUT2D eigenvalue weighted by molar-refractivity contribution is 0.793. The quantitative estimate of drug-likeness (QED) is 0.611. The average Bonchev–Trinajstić information content (AvgIpc) is 2.43. The molecule has 0 unspecified atom stereocenters. The number of nitrogen functional groups attached to an aromatic ring is 1. The number of nitrogens with two attached hydrogens (primary N) is 1. The van der Waals surface area contributed by atoms with E-state index in [0.29, 0.717) is 5.82 Å². The minimum absolute atomic E-state index is 0.492. The Morgan fingerprint density at radius 3 is 3.09 bits per heavy atom. The Morgan fingerprint density at radius 1 is 1.64 bits per heavy atom. The molecule has 2 aromatic heterocycles. The van der Waals surface area contributed by atoms with E-state index in [0.717, 1.165) is 17.9 Å².